The van der Waals surface area contributed by atoms with Gasteiger partial charge in [0.25, 0.3) is 0 Å². The molecule has 22 heavy (non-hydrogen) atoms. The third-order valence-electron chi connectivity index (χ3n) is 3.67. The van der Waals surface area contributed by atoms with Gasteiger partial charge in [0.15, 0.2) is 0 Å². The molecule has 1 aliphatic heterocycles. The fourth-order valence-corrected chi connectivity index (χ4v) is 4.42. The van der Waals surface area contributed by atoms with Crippen LogP contribution in [0.1, 0.15) is 44.3 Å². The molecule has 1 saturated heterocycles. The zero-order valence-electron chi connectivity index (χ0n) is 13.1. The molecule has 0 aliphatic carbocycles. The van der Waals surface area contributed by atoms with E-state index in [1.165, 1.54) is 11.3 Å². The second kappa shape index (κ2) is 6.58. The van der Waals surface area contributed by atoms with Crippen molar-refractivity contribution >= 4 is 35.0 Å². The molecule has 0 saturated carbocycles. The lowest BCUT2D eigenvalue weighted by molar-refractivity contribution is -0.148. The molecular weight excluding hydrogens is 320 g/mol. The molecule has 1 amide bonds. The Hall–Kier alpha value is -1.08. The largest absolute Gasteiger partial charge is 0.480 e. The number of carbonyl (C=O) groups excluding carboxylic acids is 1. The molecule has 0 unspecified atom stereocenters. The van der Waals surface area contributed by atoms with E-state index < -0.39 is 11.5 Å². The molecule has 122 valence electrons. The van der Waals surface area contributed by atoms with Crippen molar-refractivity contribution in [2.24, 2.45) is 0 Å². The Bertz CT molecular complexity index is 557. The number of hydrogen-bond acceptors (Lipinski definition) is 5. The molecule has 1 aliphatic rings. The van der Waals surface area contributed by atoms with E-state index in [2.05, 4.69) is 31.1 Å². The summed E-state index contributed by atoms with van der Waals surface area (Å²) >= 11 is 3.27. The Morgan fingerprint density at radius 3 is 2.50 bits per heavy atom. The average molecular weight is 342 g/mol. The van der Waals surface area contributed by atoms with Crippen LogP contribution in [-0.2, 0) is 21.4 Å². The van der Waals surface area contributed by atoms with Gasteiger partial charge in [-0.3, -0.25) is 4.79 Å². The molecule has 0 radical (unpaired) electrons. The summed E-state index contributed by atoms with van der Waals surface area (Å²) in [6.07, 6.45) is 1.08. The van der Waals surface area contributed by atoms with Crippen molar-refractivity contribution in [3.8, 4) is 0 Å². The van der Waals surface area contributed by atoms with E-state index >= 15 is 0 Å². The molecule has 2 N–H and O–H groups in total. The maximum atomic E-state index is 12.2. The molecule has 1 fully saturated rings. The van der Waals surface area contributed by atoms with Crippen LogP contribution in [0.4, 0.5) is 0 Å². The molecule has 7 heteroatoms. The van der Waals surface area contributed by atoms with Gasteiger partial charge in [0.1, 0.15) is 5.54 Å². The second-order valence-corrected chi connectivity index (χ2v) is 8.70. The number of carboxylic acid groups (broad SMARTS) is 1. The topological polar surface area (TPSA) is 79.3 Å². The van der Waals surface area contributed by atoms with Crippen LogP contribution in [0.3, 0.4) is 0 Å². The minimum atomic E-state index is -1.11. The van der Waals surface area contributed by atoms with Gasteiger partial charge >= 0.3 is 5.97 Å². The summed E-state index contributed by atoms with van der Waals surface area (Å²) in [6.45, 7) is 6.23. The number of nitrogens with zero attached hydrogens (tertiary/aromatic N) is 1. The van der Waals surface area contributed by atoms with Crippen molar-refractivity contribution in [1.29, 1.82) is 0 Å². The highest BCUT2D eigenvalue weighted by molar-refractivity contribution is 7.99. The van der Waals surface area contributed by atoms with E-state index in [1.54, 1.807) is 11.8 Å². The van der Waals surface area contributed by atoms with E-state index in [9.17, 15) is 14.7 Å². The van der Waals surface area contributed by atoms with Gasteiger partial charge in [0.2, 0.25) is 5.91 Å². The van der Waals surface area contributed by atoms with Gasteiger partial charge in [0.05, 0.1) is 17.1 Å². The van der Waals surface area contributed by atoms with E-state index in [1.807, 2.05) is 5.38 Å². The molecular formula is C15H22N2O3S2. The van der Waals surface area contributed by atoms with E-state index in [0.29, 0.717) is 18.5 Å². The number of carboxylic acids is 1. The summed E-state index contributed by atoms with van der Waals surface area (Å²) in [5.74, 6) is 0.324. The van der Waals surface area contributed by atoms with E-state index in [0.717, 1.165) is 16.5 Å². The molecule has 5 nitrogen and oxygen atoms in total. The lowest BCUT2D eigenvalue weighted by Gasteiger charge is -2.33. The van der Waals surface area contributed by atoms with Crippen LogP contribution in [0.25, 0.3) is 0 Å². The van der Waals surface area contributed by atoms with Crippen LogP contribution in [0.5, 0.6) is 0 Å². The monoisotopic (exact) mass is 342 g/mol. The number of amides is 1. The predicted octanol–water partition coefficient (Wildman–Crippen LogP) is 2.45. The van der Waals surface area contributed by atoms with Crippen molar-refractivity contribution in [1.82, 2.24) is 10.3 Å². The van der Waals surface area contributed by atoms with Crippen LogP contribution in [-0.4, -0.2) is 39.0 Å². The maximum absolute atomic E-state index is 12.2. The highest BCUT2D eigenvalue weighted by atomic mass is 32.2. The first-order valence-corrected chi connectivity index (χ1v) is 9.33. The van der Waals surface area contributed by atoms with Crippen LogP contribution in [0.15, 0.2) is 5.38 Å². The number of carbonyl (C=O) groups is 2. The van der Waals surface area contributed by atoms with E-state index in [4.69, 9.17) is 0 Å². The van der Waals surface area contributed by atoms with Gasteiger partial charge < -0.3 is 10.4 Å². The van der Waals surface area contributed by atoms with E-state index in [-0.39, 0.29) is 17.7 Å². The Kier molecular flexibility index (Phi) is 5.17. The molecule has 2 heterocycles. The minimum Gasteiger partial charge on any atom is -0.480 e. The number of aromatic nitrogens is 1. The van der Waals surface area contributed by atoms with Crippen molar-refractivity contribution in [3.05, 3.63) is 16.1 Å². The normalized spacial score (nSPS) is 18.0. The average Bonchev–Trinajstić information content (AvgIpc) is 2.87. The van der Waals surface area contributed by atoms with Crippen molar-refractivity contribution in [2.75, 3.05) is 11.5 Å². The number of thiazole rings is 1. The standard InChI is InChI=1S/C15H22N2O3S2/c1-14(2,3)12-16-10(9-22-12)8-11(18)17-15(13(19)20)4-6-21-7-5-15/h9H,4-8H2,1-3H3,(H,17,18)(H,19,20). The fourth-order valence-electron chi connectivity index (χ4n) is 2.32. The highest BCUT2D eigenvalue weighted by Crippen LogP contribution is 2.28. The minimum absolute atomic E-state index is 0.0394. The van der Waals surface area contributed by atoms with Gasteiger partial charge in [-0.25, -0.2) is 9.78 Å². The summed E-state index contributed by atoms with van der Waals surface area (Å²) < 4.78 is 0. The van der Waals surface area contributed by atoms with Gasteiger partial charge in [-0.2, -0.15) is 11.8 Å². The molecule has 0 spiro atoms. The fraction of sp³-hybridized carbons (Fsp3) is 0.667. The smallest absolute Gasteiger partial charge is 0.329 e. The lowest BCUT2D eigenvalue weighted by atomic mass is 9.92. The Morgan fingerprint density at radius 1 is 1.36 bits per heavy atom. The van der Waals surface area contributed by atoms with Crippen molar-refractivity contribution < 1.29 is 14.7 Å². The summed E-state index contributed by atoms with van der Waals surface area (Å²) in [7, 11) is 0. The molecule has 2 rings (SSSR count). The lowest BCUT2D eigenvalue weighted by Crippen LogP contribution is -2.56. The maximum Gasteiger partial charge on any atom is 0.329 e. The van der Waals surface area contributed by atoms with Crippen LogP contribution < -0.4 is 5.32 Å². The number of aliphatic carboxylic acids is 1. The van der Waals surface area contributed by atoms with Crippen LogP contribution in [0.2, 0.25) is 0 Å². The first-order chi connectivity index (χ1) is 10.2. The zero-order valence-corrected chi connectivity index (χ0v) is 14.8. The molecule has 0 atom stereocenters. The summed E-state index contributed by atoms with van der Waals surface area (Å²) in [6, 6.07) is 0. The van der Waals surface area contributed by atoms with Crippen LogP contribution >= 0.6 is 23.1 Å². The zero-order chi connectivity index (χ0) is 16.4. The Balaban J connectivity index is 2.02. The van der Waals surface area contributed by atoms with Crippen molar-refractivity contribution in [2.45, 2.75) is 51.0 Å². The summed E-state index contributed by atoms with van der Waals surface area (Å²) in [5, 5.41) is 15.1. The van der Waals surface area contributed by atoms with Crippen LogP contribution in [0, 0.1) is 0 Å². The first kappa shape index (κ1) is 17.3. The van der Waals surface area contributed by atoms with Gasteiger partial charge in [-0.05, 0) is 24.3 Å². The van der Waals surface area contributed by atoms with Gasteiger partial charge in [-0.15, -0.1) is 11.3 Å². The first-order valence-electron chi connectivity index (χ1n) is 7.30. The highest BCUT2D eigenvalue weighted by Gasteiger charge is 2.41. The second-order valence-electron chi connectivity index (χ2n) is 6.62. The third-order valence-corrected chi connectivity index (χ3v) is 5.97. The Morgan fingerprint density at radius 2 is 2.00 bits per heavy atom. The molecule has 0 bridgehead atoms. The summed E-state index contributed by atoms with van der Waals surface area (Å²) in [5.41, 5.74) is -0.439. The molecule has 1 aromatic heterocycles. The summed E-state index contributed by atoms with van der Waals surface area (Å²) in [4.78, 5) is 28.3. The molecule has 0 aromatic carbocycles. The third kappa shape index (κ3) is 4.01. The van der Waals surface area contributed by atoms with Gasteiger partial charge in [-0.1, -0.05) is 20.8 Å². The number of rotatable bonds is 4. The number of hydrogen-bond donors (Lipinski definition) is 2. The number of nitrogens with one attached hydrogen (secondary N) is 1. The number of thioether (sulfide) groups is 1. The van der Waals surface area contributed by atoms with Crippen molar-refractivity contribution in [3.63, 3.8) is 0 Å². The SMILES string of the molecule is CC(C)(C)c1nc(CC(=O)NC2(C(=O)O)CCSCC2)cs1. The quantitative estimate of drug-likeness (QED) is 0.879. The molecule has 1 aromatic rings. The Labute approximate surface area is 138 Å². The predicted molar refractivity (Wildman–Crippen MR) is 89.6 cm³/mol. The van der Waals surface area contributed by atoms with Gasteiger partial charge in [0, 0.05) is 10.8 Å².